The fraction of sp³-hybridized carbons (Fsp3) is 0.0769. The van der Waals surface area contributed by atoms with Gasteiger partial charge in [-0.25, -0.2) is 4.79 Å². The largest absolute Gasteiger partial charge is 0.493 e. The van der Waals surface area contributed by atoms with Crippen LogP contribution in [-0.2, 0) is 6.61 Å². The Morgan fingerprint density at radius 2 is 1.75 bits per heavy atom. The summed E-state index contributed by atoms with van der Waals surface area (Å²) in [4.78, 5) is 10.9. The van der Waals surface area contributed by atoms with Gasteiger partial charge in [-0.05, 0) is 64.4 Å². The van der Waals surface area contributed by atoms with Crippen molar-refractivity contribution in [2.24, 2.45) is 5.10 Å². The number of carboxylic acids is 1. The minimum absolute atomic E-state index is 0.225. The Morgan fingerprint density at radius 1 is 0.969 bits per heavy atom. The number of anilines is 1. The van der Waals surface area contributed by atoms with Crippen molar-refractivity contribution in [1.29, 1.82) is 0 Å². The second-order valence-corrected chi connectivity index (χ2v) is 7.09. The number of carbonyl (C=O) groups is 1. The van der Waals surface area contributed by atoms with E-state index in [0.717, 1.165) is 11.1 Å². The van der Waals surface area contributed by atoms with E-state index in [1.807, 2.05) is 36.4 Å². The number of hydrogen-bond acceptors (Lipinski definition) is 5. The molecule has 0 aliphatic carbocycles. The highest BCUT2D eigenvalue weighted by molar-refractivity contribution is 5.88. The van der Waals surface area contributed by atoms with Crippen LogP contribution in [-0.4, -0.2) is 24.4 Å². The van der Waals surface area contributed by atoms with Crippen LogP contribution < -0.4 is 14.9 Å². The molecule has 0 saturated carbocycles. The molecule has 0 saturated heterocycles. The van der Waals surface area contributed by atoms with E-state index in [2.05, 4.69) is 34.8 Å². The van der Waals surface area contributed by atoms with Gasteiger partial charge >= 0.3 is 5.97 Å². The predicted octanol–water partition coefficient (Wildman–Crippen LogP) is 5.57. The number of benzene rings is 4. The average Bonchev–Trinajstić information content (AvgIpc) is 2.83. The van der Waals surface area contributed by atoms with E-state index < -0.39 is 5.97 Å². The van der Waals surface area contributed by atoms with Crippen LogP contribution in [0.2, 0.25) is 0 Å². The molecular weight excluding hydrogens is 404 g/mol. The minimum atomic E-state index is -0.963. The molecule has 4 aromatic carbocycles. The molecule has 32 heavy (non-hydrogen) atoms. The van der Waals surface area contributed by atoms with Crippen LogP contribution in [0.25, 0.3) is 10.8 Å². The summed E-state index contributed by atoms with van der Waals surface area (Å²) in [5.41, 5.74) is 5.73. The normalized spacial score (nSPS) is 10.9. The summed E-state index contributed by atoms with van der Waals surface area (Å²) in [7, 11) is 1.60. The van der Waals surface area contributed by atoms with Gasteiger partial charge in [0.05, 0.1) is 24.6 Å². The number of aromatic carboxylic acids is 1. The Bertz CT molecular complexity index is 1260. The Balaban J connectivity index is 1.43. The van der Waals surface area contributed by atoms with E-state index in [1.165, 1.54) is 22.9 Å². The van der Waals surface area contributed by atoms with E-state index >= 15 is 0 Å². The van der Waals surface area contributed by atoms with Gasteiger partial charge in [0.1, 0.15) is 6.61 Å². The third-order valence-corrected chi connectivity index (χ3v) is 4.99. The molecule has 0 aliphatic heterocycles. The minimum Gasteiger partial charge on any atom is -0.493 e. The van der Waals surface area contributed by atoms with Crippen molar-refractivity contribution in [2.45, 2.75) is 6.61 Å². The number of hydrogen-bond donors (Lipinski definition) is 2. The highest BCUT2D eigenvalue weighted by atomic mass is 16.5. The zero-order valence-corrected chi connectivity index (χ0v) is 17.5. The van der Waals surface area contributed by atoms with Crippen molar-refractivity contribution in [2.75, 3.05) is 12.5 Å². The summed E-state index contributed by atoms with van der Waals surface area (Å²) >= 11 is 0. The summed E-state index contributed by atoms with van der Waals surface area (Å²) in [6.45, 7) is 0.430. The van der Waals surface area contributed by atoms with Gasteiger partial charge in [0, 0.05) is 0 Å². The van der Waals surface area contributed by atoms with Crippen molar-refractivity contribution in [3.05, 3.63) is 102 Å². The molecular formula is C26H22N2O4. The van der Waals surface area contributed by atoms with Crippen molar-refractivity contribution in [1.82, 2.24) is 0 Å². The van der Waals surface area contributed by atoms with E-state index in [1.54, 1.807) is 25.5 Å². The molecule has 6 nitrogen and oxygen atoms in total. The zero-order chi connectivity index (χ0) is 22.3. The van der Waals surface area contributed by atoms with Crippen molar-refractivity contribution in [3.63, 3.8) is 0 Å². The number of ether oxygens (including phenoxy) is 2. The maximum atomic E-state index is 10.9. The molecule has 0 fully saturated rings. The standard InChI is InChI=1S/C26H22N2O4/c1-31-25-15-18(16-27-28-22-12-10-20(11-13-22)26(29)30)9-14-24(25)32-17-21-7-4-6-19-5-2-3-8-23(19)21/h2-16,28H,17H2,1H3,(H,29,30). The third-order valence-electron chi connectivity index (χ3n) is 4.99. The second kappa shape index (κ2) is 9.66. The summed E-state index contributed by atoms with van der Waals surface area (Å²) in [5, 5.41) is 15.5. The molecule has 0 aromatic heterocycles. The van der Waals surface area contributed by atoms with Gasteiger partial charge in [-0.15, -0.1) is 0 Å². The van der Waals surface area contributed by atoms with Crippen LogP contribution in [0.1, 0.15) is 21.5 Å². The van der Waals surface area contributed by atoms with Crippen LogP contribution in [0.5, 0.6) is 11.5 Å². The predicted molar refractivity (Wildman–Crippen MR) is 126 cm³/mol. The summed E-state index contributed by atoms with van der Waals surface area (Å²) < 4.78 is 11.5. The average molecular weight is 426 g/mol. The molecule has 0 atom stereocenters. The number of nitrogens with one attached hydrogen (secondary N) is 1. The van der Waals surface area contributed by atoms with Crippen LogP contribution >= 0.6 is 0 Å². The lowest BCUT2D eigenvalue weighted by Crippen LogP contribution is -1.99. The first kappa shape index (κ1) is 20.9. The molecule has 4 aromatic rings. The molecule has 160 valence electrons. The highest BCUT2D eigenvalue weighted by Gasteiger charge is 2.07. The van der Waals surface area contributed by atoms with Crippen molar-refractivity contribution >= 4 is 28.6 Å². The molecule has 6 heteroatoms. The Labute approximate surface area is 185 Å². The van der Waals surface area contributed by atoms with Gasteiger partial charge in [0.25, 0.3) is 0 Å². The number of carboxylic acid groups (broad SMARTS) is 1. The molecule has 0 spiro atoms. The van der Waals surface area contributed by atoms with Gasteiger partial charge in [-0.2, -0.15) is 5.10 Å². The fourth-order valence-electron chi connectivity index (χ4n) is 3.33. The molecule has 2 N–H and O–H groups in total. The lowest BCUT2D eigenvalue weighted by Gasteiger charge is -2.12. The van der Waals surface area contributed by atoms with Crippen LogP contribution in [0, 0.1) is 0 Å². The second-order valence-electron chi connectivity index (χ2n) is 7.09. The Kier molecular flexibility index (Phi) is 6.32. The van der Waals surface area contributed by atoms with Gasteiger partial charge in [-0.3, -0.25) is 5.43 Å². The maximum Gasteiger partial charge on any atom is 0.335 e. The fourth-order valence-corrected chi connectivity index (χ4v) is 3.33. The first-order valence-electron chi connectivity index (χ1n) is 10.0. The molecule has 0 amide bonds. The quantitative estimate of drug-likeness (QED) is 0.284. The number of hydrazone groups is 1. The van der Waals surface area contributed by atoms with E-state index in [4.69, 9.17) is 14.6 Å². The zero-order valence-electron chi connectivity index (χ0n) is 17.5. The summed E-state index contributed by atoms with van der Waals surface area (Å²) in [6.07, 6.45) is 1.65. The number of nitrogens with zero attached hydrogens (tertiary/aromatic N) is 1. The monoisotopic (exact) mass is 426 g/mol. The van der Waals surface area contributed by atoms with E-state index in [9.17, 15) is 4.79 Å². The Morgan fingerprint density at radius 3 is 2.53 bits per heavy atom. The van der Waals surface area contributed by atoms with Crippen molar-refractivity contribution in [3.8, 4) is 11.5 Å². The third kappa shape index (κ3) is 4.87. The van der Waals surface area contributed by atoms with Gasteiger partial charge < -0.3 is 14.6 Å². The van der Waals surface area contributed by atoms with Crippen LogP contribution in [0.15, 0.2) is 90.0 Å². The lowest BCUT2D eigenvalue weighted by atomic mass is 10.1. The SMILES string of the molecule is COc1cc(C=NNc2ccc(C(=O)O)cc2)ccc1OCc1cccc2ccccc12. The summed E-state index contributed by atoms with van der Waals surface area (Å²) in [6, 6.07) is 26.3. The number of rotatable bonds is 8. The lowest BCUT2D eigenvalue weighted by molar-refractivity contribution is 0.0697. The van der Waals surface area contributed by atoms with E-state index in [-0.39, 0.29) is 5.56 Å². The molecule has 0 aliphatic rings. The summed E-state index contributed by atoms with van der Waals surface area (Å²) in [5.74, 6) is 0.296. The number of methoxy groups -OCH3 is 1. The molecule has 4 rings (SSSR count). The van der Waals surface area contributed by atoms with E-state index in [0.29, 0.717) is 23.8 Å². The smallest absolute Gasteiger partial charge is 0.335 e. The first-order chi connectivity index (χ1) is 15.6. The number of fused-ring (bicyclic) bond motifs is 1. The highest BCUT2D eigenvalue weighted by Crippen LogP contribution is 2.29. The van der Waals surface area contributed by atoms with Gasteiger partial charge in [0.15, 0.2) is 11.5 Å². The molecule has 0 bridgehead atoms. The molecule has 0 heterocycles. The molecule has 0 unspecified atom stereocenters. The first-order valence-corrected chi connectivity index (χ1v) is 10.0. The Hall–Kier alpha value is -4.32. The van der Waals surface area contributed by atoms with Crippen molar-refractivity contribution < 1.29 is 19.4 Å². The maximum absolute atomic E-state index is 10.9. The van der Waals surface area contributed by atoms with Crippen LogP contribution in [0.3, 0.4) is 0 Å². The molecule has 0 radical (unpaired) electrons. The van der Waals surface area contributed by atoms with Gasteiger partial charge in [-0.1, -0.05) is 42.5 Å². The topological polar surface area (TPSA) is 80.2 Å². The van der Waals surface area contributed by atoms with Crippen LogP contribution in [0.4, 0.5) is 5.69 Å². The van der Waals surface area contributed by atoms with Gasteiger partial charge in [0.2, 0.25) is 0 Å².